The van der Waals surface area contributed by atoms with Crippen LogP contribution in [-0.2, 0) is 67.2 Å². The minimum Gasteiger partial charge on any atom is -0.394 e. The van der Waals surface area contributed by atoms with Gasteiger partial charge in [-0.2, -0.15) is 0 Å². The molecule has 0 aliphatic carbocycles. The number of ketones is 1. The molecule has 15 N–H and O–H groups in total. The lowest BCUT2D eigenvalue weighted by Crippen LogP contribution is -2.62. The van der Waals surface area contributed by atoms with Gasteiger partial charge in [0.05, 0.1) is 19.4 Å². The lowest BCUT2D eigenvalue weighted by Gasteiger charge is -2.31. The zero-order chi connectivity index (χ0) is 54.9. The molecular weight excluding hydrogens is 987 g/mol. The summed E-state index contributed by atoms with van der Waals surface area (Å²) in [6, 6.07) is 4.27. The monoisotopic (exact) mass is 1050 g/mol. The first-order valence-electron chi connectivity index (χ1n) is 24.8. The number of aliphatic hydroxyl groups is 1. The zero-order valence-corrected chi connectivity index (χ0v) is 42.1. The number of guanidine groups is 1. The number of fused-ring (bicyclic) bond motifs is 1. The molecule has 9 amide bonds. The van der Waals surface area contributed by atoms with E-state index in [0.717, 1.165) is 11.8 Å². The predicted molar refractivity (Wildman–Crippen MR) is 274 cm³/mol. The maximum atomic E-state index is 14.9. The third-order valence-corrected chi connectivity index (χ3v) is 12.9. The standard InChI is InChI=1S/C50H65N15O11/c1-27(67)40(25-66)64-48(75)41-15-9-17-65(41)49(76)38-21-42(69)56-24-39(58-28(2)68)47(74)62-37(20-31-23-53-26-57-31)46(73)60-35(18-29-10-4-3-5-11-29)44(71)59-34(14-8-16-54-50(51)52)43(70)61-36(45(72)63-38)19-30-22-55-33-13-7-6-12-32(30)33/h3-7,10-13,22-23,26,34-41,55,66H,8-9,14-21,24-25H2,1-2H3,(H,53,57)(H,56,69)(H,58,68)(H,59,71)(H,60,73)(H,61,70)(H,62,74)(H,63,72)(H,64,75)(H4,51,52,54)/t34-,35+,36-,37-,38-,39-,40-,41-/m0/s1. The van der Waals surface area contributed by atoms with Crippen molar-refractivity contribution in [2.24, 2.45) is 16.5 Å². The summed E-state index contributed by atoms with van der Waals surface area (Å²) in [6.45, 7) is 0.994. The van der Waals surface area contributed by atoms with Gasteiger partial charge in [-0.05, 0) is 49.8 Å². The highest BCUT2D eigenvalue weighted by Crippen LogP contribution is 2.22. The maximum Gasteiger partial charge on any atom is 0.246 e. The normalized spacial score (nSPS) is 22.6. The van der Waals surface area contributed by atoms with Crippen molar-refractivity contribution in [1.82, 2.24) is 62.4 Å². The highest BCUT2D eigenvalue weighted by Gasteiger charge is 2.41. The molecule has 0 saturated carbocycles. The first-order chi connectivity index (χ1) is 36.4. The number of aliphatic imine (C=N–C) groups is 1. The molecule has 4 heterocycles. The van der Waals surface area contributed by atoms with Crippen molar-refractivity contribution < 1.29 is 53.1 Å². The van der Waals surface area contributed by atoms with E-state index in [4.69, 9.17) is 11.5 Å². The number of H-pyrrole nitrogens is 2. The minimum absolute atomic E-state index is 0.0190. The number of Topliss-reactive ketones (excluding diaryl/α,β-unsaturated/α-hetero) is 1. The third-order valence-electron chi connectivity index (χ3n) is 12.9. The van der Waals surface area contributed by atoms with Gasteiger partial charge in [0, 0.05) is 74.8 Å². The highest BCUT2D eigenvalue weighted by atomic mass is 16.3. The van der Waals surface area contributed by atoms with Crippen molar-refractivity contribution >= 4 is 75.8 Å². The van der Waals surface area contributed by atoms with Gasteiger partial charge in [-0.25, -0.2) is 4.98 Å². The van der Waals surface area contributed by atoms with Crippen LogP contribution in [0.2, 0.25) is 0 Å². The number of para-hydroxylation sites is 1. The van der Waals surface area contributed by atoms with Crippen molar-refractivity contribution in [2.75, 3.05) is 26.2 Å². The van der Waals surface area contributed by atoms with Crippen LogP contribution in [0, 0.1) is 0 Å². The van der Waals surface area contributed by atoms with Crippen LogP contribution in [0.3, 0.4) is 0 Å². The summed E-state index contributed by atoms with van der Waals surface area (Å²) in [5.74, 6) is -8.50. The van der Waals surface area contributed by atoms with Crippen molar-refractivity contribution in [3.8, 4) is 0 Å². The summed E-state index contributed by atoms with van der Waals surface area (Å²) in [5.41, 5.74) is 13.4. The third kappa shape index (κ3) is 15.9. The van der Waals surface area contributed by atoms with Gasteiger partial charge < -0.3 is 74.0 Å². The van der Waals surface area contributed by atoms with E-state index in [1.807, 2.05) is 0 Å². The largest absolute Gasteiger partial charge is 0.394 e. The molecule has 0 spiro atoms. The Morgan fingerprint density at radius 2 is 1.45 bits per heavy atom. The fraction of sp³-hybridized carbons (Fsp3) is 0.440. The number of aromatic amines is 2. The molecule has 2 aliphatic rings. The Balaban J connectivity index is 1.43. The van der Waals surface area contributed by atoms with Gasteiger partial charge in [0.15, 0.2) is 11.7 Å². The Morgan fingerprint density at radius 1 is 0.803 bits per heavy atom. The molecule has 0 radical (unpaired) electrons. The second-order valence-corrected chi connectivity index (χ2v) is 18.6. The number of carbonyl (C=O) groups is 10. The van der Waals surface area contributed by atoms with Crippen LogP contribution < -0.4 is 54.0 Å². The molecule has 76 heavy (non-hydrogen) atoms. The summed E-state index contributed by atoms with van der Waals surface area (Å²) >= 11 is 0. The van der Waals surface area contributed by atoms with E-state index < -0.39 is 127 Å². The lowest BCUT2D eigenvalue weighted by molar-refractivity contribution is -0.143. The summed E-state index contributed by atoms with van der Waals surface area (Å²) in [5, 5.41) is 31.4. The second kappa shape index (κ2) is 27.0. The van der Waals surface area contributed by atoms with E-state index in [-0.39, 0.29) is 57.6 Å². The van der Waals surface area contributed by atoms with Gasteiger partial charge in [0.25, 0.3) is 0 Å². The average molecular weight is 1050 g/mol. The minimum atomic E-state index is -1.75. The van der Waals surface area contributed by atoms with Crippen LogP contribution in [0.15, 0.2) is 78.3 Å². The van der Waals surface area contributed by atoms with E-state index in [2.05, 4.69) is 62.5 Å². The Morgan fingerprint density at radius 3 is 2.12 bits per heavy atom. The number of rotatable bonds is 16. The number of nitrogens with two attached hydrogens (primary N) is 2. The van der Waals surface area contributed by atoms with E-state index in [9.17, 15) is 53.1 Å². The van der Waals surface area contributed by atoms with Gasteiger partial charge >= 0.3 is 0 Å². The van der Waals surface area contributed by atoms with Crippen LogP contribution in [0.4, 0.5) is 0 Å². The second-order valence-electron chi connectivity index (χ2n) is 18.6. The molecule has 6 rings (SSSR count). The zero-order valence-electron chi connectivity index (χ0n) is 42.1. The Bertz CT molecular complexity index is 2760. The van der Waals surface area contributed by atoms with Gasteiger partial charge in [0.1, 0.15) is 48.3 Å². The van der Waals surface area contributed by atoms with Crippen LogP contribution in [0.25, 0.3) is 10.9 Å². The summed E-state index contributed by atoms with van der Waals surface area (Å²) in [6.07, 6.45) is 3.54. The van der Waals surface area contributed by atoms with Crippen LogP contribution in [-0.4, -0.2) is 164 Å². The van der Waals surface area contributed by atoms with E-state index in [1.165, 1.54) is 19.4 Å². The smallest absolute Gasteiger partial charge is 0.246 e. The topological polar surface area (TPSA) is 399 Å². The number of amides is 9. The number of aliphatic hydroxyl groups excluding tert-OH is 1. The van der Waals surface area contributed by atoms with Crippen LogP contribution in [0.1, 0.15) is 62.8 Å². The van der Waals surface area contributed by atoms with E-state index >= 15 is 0 Å². The number of nitrogens with zero attached hydrogens (tertiary/aromatic N) is 3. The van der Waals surface area contributed by atoms with Gasteiger partial charge in [0.2, 0.25) is 53.2 Å². The molecule has 0 unspecified atom stereocenters. The molecule has 2 aliphatic heterocycles. The predicted octanol–water partition coefficient (Wildman–Crippen LogP) is -3.52. The van der Waals surface area contributed by atoms with Crippen molar-refractivity contribution in [2.45, 2.75) is 114 Å². The summed E-state index contributed by atoms with van der Waals surface area (Å²) < 4.78 is 0. The Hall–Kier alpha value is -8.68. The van der Waals surface area contributed by atoms with Crippen molar-refractivity contribution in [3.05, 3.63) is 90.1 Å². The molecule has 2 aromatic carbocycles. The molecule has 4 aromatic rings. The number of imidazole rings is 1. The maximum absolute atomic E-state index is 14.9. The van der Waals surface area contributed by atoms with Gasteiger partial charge in [-0.3, -0.25) is 52.9 Å². The number of benzene rings is 2. The SMILES string of the molecule is CC(=O)N[C@H]1CNC(=O)C[C@@H](C(=O)N2CCC[C@H]2C(=O)N[C@@H](CO)C(C)=O)NC(=O)[C@H](Cc2c[nH]c3ccccc23)NC(=O)[C@H](CCCN=C(N)N)NC(=O)[C@@H](Cc2ccccc2)NC(=O)[C@H](Cc2cnc[nH]2)NC1=O. The molecule has 2 aromatic heterocycles. The Labute approximate surface area is 436 Å². The van der Waals surface area contributed by atoms with Crippen molar-refractivity contribution in [3.63, 3.8) is 0 Å². The van der Waals surface area contributed by atoms with E-state index in [0.29, 0.717) is 34.1 Å². The molecule has 26 nitrogen and oxygen atoms in total. The molecule has 26 heteroatoms. The van der Waals surface area contributed by atoms with Crippen LogP contribution >= 0.6 is 0 Å². The lowest BCUT2D eigenvalue weighted by atomic mass is 10.0. The van der Waals surface area contributed by atoms with Gasteiger partial charge in [-0.1, -0.05) is 48.5 Å². The molecule has 406 valence electrons. The number of likely N-dealkylation sites (tertiary alicyclic amines) is 1. The van der Waals surface area contributed by atoms with Gasteiger partial charge in [-0.15, -0.1) is 0 Å². The molecular formula is C50H65N15O11. The first-order valence-corrected chi connectivity index (χ1v) is 24.8. The quantitative estimate of drug-likeness (QED) is 0.0294. The van der Waals surface area contributed by atoms with Crippen LogP contribution in [0.5, 0.6) is 0 Å². The number of carbonyl (C=O) groups excluding carboxylic acids is 10. The number of hydrogen-bond donors (Lipinski definition) is 13. The fourth-order valence-corrected chi connectivity index (χ4v) is 8.92. The molecule has 2 fully saturated rings. The molecule has 2 saturated heterocycles. The number of nitrogens with one attached hydrogen (secondary N) is 10. The average Bonchev–Trinajstić information content (AvgIpc) is 4.19. The fourth-order valence-electron chi connectivity index (χ4n) is 8.92. The molecule has 8 atom stereocenters. The van der Waals surface area contributed by atoms with E-state index in [1.54, 1.807) is 60.8 Å². The number of hydrogen-bond acceptors (Lipinski definition) is 13. The van der Waals surface area contributed by atoms with Crippen molar-refractivity contribution in [1.29, 1.82) is 0 Å². The Kier molecular flexibility index (Phi) is 20.1. The summed E-state index contributed by atoms with van der Waals surface area (Å²) in [4.78, 5) is 155. The first kappa shape index (κ1) is 56.6. The molecule has 0 bridgehead atoms. The highest BCUT2D eigenvalue weighted by molar-refractivity contribution is 6.00. The summed E-state index contributed by atoms with van der Waals surface area (Å²) in [7, 11) is 0. The number of aromatic nitrogens is 3.